The first-order chi connectivity index (χ1) is 8.79. The second-order valence-electron chi connectivity index (χ2n) is 6.07. The average molecular weight is 264 g/mol. The maximum absolute atomic E-state index is 11.2. The van der Waals surface area contributed by atoms with E-state index in [1.807, 2.05) is 51.1 Å². The number of nitrogens with zero attached hydrogens (tertiary/aromatic N) is 1. The van der Waals surface area contributed by atoms with Gasteiger partial charge in [-0.05, 0) is 17.4 Å². The Morgan fingerprint density at radius 3 is 2.37 bits per heavy atom. The van der Waals surface area contributed by atoms with Gasteiger partial charge in [-0.3, -0.25) is 0 Å². The molecular weight excluding hydrogens is 240 g/mol. The fraction of sp³-hybridized carbons (Fsp3) is 0.533. The van der Waals surface area contributed by atoms with E-state index in [0.717, 1.165) is 5.56 Å². The number of amides is 1. The van der Waals surface area contributed by atoms with Crippen molar-refractivity contribution in [2.45, 2.75) is 33.2 Å². The lowest BCUT2D eigenvalue weighted by Gasteiger charge is -2.28. The Kier molecular flexibility index (Phi) is 5.36. The predicted octanol–water partition coefficient (Wildman–Crippen LogP) is 3.10. The Hall–Kier alpha value is -1.55. The normalized spacial score (nSPS) is 13.1. The van der Waals surface area contributed by atoms with Crippen molar-refractivity contribution in [3.63, 3.8) is 0 Å². The van der Waals surface area contributed by atoms with Gasteiger partial charge in [0.2, 0.25) is 0 Å². The smallest absolute Gasteiger partial charge is 0.407 e. The fourth-order valence-corrected chi connectivity index (χ4v) is 1.98. The molecule has 0 bridgehead atoms. The highest BCUT2D eigenvalue weighted by Gasteiger charge is 2.21. The molecule has 0 saturated carbocycles. The molecule has 1 atom stereocenters. The Balaban J connectivity index is 2.55. The van der Waals surface area contributed by atoms with Gasteiger partial charge < -0.3 is 15.7 Å². The lowest BCUT2D eigenvalue weighted by atomic mass is 9.96. The number of carbonyl (C=O) groups is 1. The van der Waals surface area contributed by atoms with Gasteiger partial charge in [0.15, 0.2) is 0 Å². The van der Waals surface area contributed by atoms with Crippen LogP contribution in [0.15, 0.2) is 30.3 Å². The lowest BCUT2D eigenvalue weighted by Crippen LogP contribution is -2.38. The SMILES string of the molecule is CC(C)(C)CN(CCC(N)c1ccccc1)C(=O)O. The highest BCUT2D eigenvalue weighted by atomic mass is 16.4. The topological polar surface area (TPSA) is 66.6 Å². The molecule has 4 heteroatoms. The average Bonchev–Trinajstić information content (AvgIpc) is 2.33. The van der Waals surface area contributed by atoms with E-state index in [9.17, 15) is 9.90 Å². The number of carboxylic acid groups (broad SMARTS) is 1. The molecule has 0 radical (unpaired) electrons. The summed E-state index contributed by atoms with van der Waals surface area (Å²) < 4.78 is 0. The van der Waals surface area contributed by atoms with Gasteiger partial charge in [0.05, 0.1) is 0 Å². The molecule has 0 spiro atoms. The molecule has 0 heterocycles. The molecule has 3 N–H and O–H groups in total. The van der Waals surface area contributed by atoms with E-state index < -0.39 is 6.09 Å². The minimum atomic E-state index is -0.879. The molecule has 1 unspecified atom stereocenters. The zero-order chi connectivity index (χ0) is 14.5. The molecule has 1 rings (SSSR count). The van der Waals surface area contributed by atoms with Gasteiger partial charge in [-0.15, -0.1) is 0 Å². The molecule has 0 aliphatic rings. The third kappa shape index (κ3) is 5.75. The van der Waals surface area contributed by atoms with Crippen LogP contribution in [0.25, 0.3) is 0 Å². The molecule has 1 aromatic rings. The molecule has 4 nitrogen and oxygen atoms in total. The molecule has 1 aromatic carbocycles. The summed E-state index contributed by atoms with van der Waals surface area (Å²) in [5, 5.41) is 9.21. The van der Waals surface area contributed by atoms with Crippen molar-refractivity contribution in [3.8, 4) is 0 Å². The zero-order valence-electron chi connectivity index (χ0n) is 12.0. The number of nitrogens with two attached hydrogens (primary N) is 1. The summed E-state index contributed by atoms with van der Waals surface area (Å²) in [6, 6.07) is 9.65. The first kappa shape index (κ1) is 15.5. The van der Waals surface area contributed by atoms with Crippen molar-refractivity contribution in [1.29, 1.82) is 0 Å². The highest BCUT2D eigenvalue weighted by molar-refractivity contribution is 5.64. The highest BCUT2D eigenvalue weighted by Crippen LogP contribution is 2.18. The summed E-state index contributed by atoms with van der Waals surface area (Å²) in [5.74, 6) is 0. The third-order valence-corrected chi connectivity index (χ3v) is 2.87. The first-order valence-electron chi connectivity index (χ1n) is 6.58. The van der Waals surface area contributed by atoms with Crippen LogP contribution in [-0.2, 0) is 0 Å². The summed E-state index contributed by atoms with van der Waals surface area (Å²) in [7, 11) is 0. The summed E-state index contributed by atoms with van der Waals surface area (Å²) in [4.78, 5) is 12.7. The van der Waals surface area contributed by atoms with Crippen molar-refractivity contribution in [3.05, 3.63) is 35.9 Å². The Morgan fingerprint density at radius 1 is 1.32 bits per heavy atom. The molecule has 0 saturated heterocycles. The molecule has 0 aliphatic carbocycles. The number of benzene rings is 1. The van der Waals surface area contributed by atoms with Crippen LogP contribution in [0.4, 0.5) is 4.79 Å². The van der Waals surface area contributed by atoms with Crippen LogP contribution < -0.4 is 5.73 Å². The van der Waals surface area contributed by atoms with Crippen LogP contribution in [0.2, 0.25) is 0 Å². The molecule has 1 amide bonds. The van der Waals surface area contributed by atoms with Crippen LogP contribution in [0.5, 0.6) is 0 Å². The van der Waals surface area contributed by atoms with Crippen LogP contribution in [0, 0.1) is 5.41 Å². The summed E-state index contributed by atoms with van der Waals surface area (Å²) in [6.07, 6.45) is -0.248. The predicted molar refractivity (Wildman–Crippen MR) is 77.0 cm³/mol. The maximum Gasteiger partial charge on any atom is 0.407 e. The van der Waals surface area contributed by atoms with Gasteiger partial charge in [0.25, 0.3) is 0 Å². The van der Waals surface area contributed by atoms with E-state index in [1.165, 1.54) is 4.90 Å². The Labute approximate surface area is 115 Å². The van der Waals surface area contributed by atoms with E-state index in [0.29, 0.717) is 19.5 Å². The quantitative estimate of drug-likeness (QED) is 0.858. The minimum absolute atomic E-state index is 0.0464. The number of hydrogen-bond donors (Lipinski definition) is 2. The Bertz CT molecular complexity index is 398. The second-order valence-corrected chi connectivity index (χ2v) is 6.07. The van der Waals surface area contributed by atoms with E-state index in [1.54, 1.807) is 0 Å². The van der Waals surface area contributed by atoms with Gasteiger partial charge in [-0.1, -0.05) is 51.1 Å². The van der Waals surface area contributed by atoms with E-state index in [2.05, 4.69) is 0 Å². The van der Waals surface area contributed by atoms with E-state index >= 15 is 0 Å². The molecule has 19 heavy (non-hydrogen) atoms. The van der Waals surface area contributed by atoms with Crippen molar-refractivity contribution in [1.82, 2.24) is 4.90 Å². The van der Waals surface area contributed by atoms with Gasteiger partial charge >= 0.3 is 6.09 Å². The largest absolute Gasteiger partial charge is 0.465 e. The maximum atomic E-state index is 11.2. The van der Waals surface area contributed by atoms with Gasteiger partial charge in [0.1, 0.15) is 0 Å². The molecule has 0 aromatic heterocycles. The van der Waals surface area contributed by atoms with Crippen molar-refractivity contribution in [2.24, 2.45) is 11.1 Å². The standard InChI is InChI=1S/C15H24N2O2/c1-15(2,3)11-17(14(18)19)10-9-13(16)12-7-5-4-6-8-12/h4-8,13H,9-11,16H2,1-3H3,(H,18,19). The van der Waals surface area contributed by atoms with Crippen molar-refractivity contribution in [2.75, 3.05) is 13.1 Å². The van der Waals surface area contributed by atoms with Crippen LogP contribution >= 0.6 is 0 Å². The van der Waals surface area contributed by atoms with Gasteiger partial charge in [-0.2, -0.15) is 0 Å². The molecular formula is C15H24N2O2. The first-order valence-corrected chi connectivity index (χ1v) is 6.58. The summed E-state index contributed by atoms with van der Waals surface area (Å²) >= 11 is 0. The number of rotatable bonds is 5. The molecule has 106 valence electrons. The number of hydrogen-bond acceptors (Lipinski definition) is 2. The summed E-state index contributed by atoms with van der Waals surface area (Å²) in [5.41, 5.74) is 7.09. The zero-order valence-corrected chi connectivity index (χ0v) is 12.0. The van der Waals surface area contributed by atoms with Gasteiger partial charge in [-0.25, -0.2) is 4.79 Å². The Morgan fingerprint density at radius 2 is 1.89 bits per heavy atom. The molecule has 0 fully saturated rings. The van der Waals surface area contributed by atoms with Crippen LogP contribution in [0.1, 0.15) is 38.8 Å². The summed E-state index contributed by atoms with van der Waals surface area (Å²) in [6.45, 7) is 7.06. The van der Waals surface area contributed by atoms with E-state index in [4.69, 9.17) is 5.73 Å². The van der Waals surface area contributed by atoms with Crippen LogP contribution in [-0.4, -0.2) is 29.2 Å². The minimum Gasteiger partial charge on any atom is -0.465 e. The molecule has 0 aliphatic heterocycles. The monoisotopic (exact) mass is 264 g/mol. The van der Waals surface area contributed by atoms with Crippen molar-refractivity contribution < 1.29 is 9.90 Å². The fourth-order valence-electron chi connectivity index (χ4n) is 1.98. The van der Waals surface area contributed by atoms with E-state index in [-0.39, 0.29) is 11.5 Å². The second kappa shape index (κ2) is 6.57. The van der Waals surface area contributed by atoms with Gasteiger partial charge in [0, 0.05) is 19.1 Å². The van der Waals surface area contributed by atoms with Crippen molar-refractivity contribution >= 4 is 6.09 Å². The lowest BCUT2D eigenvalue weighted by molar-refractivity contribution is 0.124. The van der Waals surface area contributed by atoms with Crippen LogP contribution in [0.3, 0.4) is 0 Å². The third-order valence-electron chi connectivity index (χ3n) is 2.87.